The van der Waals surface area contributed by atoms with E-state index in [1.807, 2.05) is 19.1 Å². The van der Waals surface area contributed by atoms with Crippen molar-refractivity contribution >= 4 is 5.76 Å². The number of aromatic nitrogens is 1. The van der Waals surface area contributed by atoms with Crippen molar-refractivity contribution in [3.05, 3.63) is 36.2 Å². The van der Waals surface area contributed by atoms with E-state index in [1.165, 1.54) is 0 Å². The van der Waals surface area contributed by atoms with Crippen LogP contribution >= 0.6 is 0 Å². The Morgan fingerprint density at radius 3 is 2.91 bits per heavy atom. The molecule has 0 fully saturated rings. The SMILES string of the molecule is C=C(OC)c1cccnc1C. The van der Waals surface area contributed by atoms with Crippen molar-refractivity contribution < 1.29 is 4.74 Å². The normalized spacial score (nSPS) is 9.27. The summed E-state index contributed by atoms with van der Waals surface area (Å²) < 4.78 is 4.98. The Hall–Kier alpha value is -1.31. The molecule has 2 heteroatoms. The quantitative estimate of drug-likeness (QED) is 0.600. The molecular weight excluding hydrogens is 138 g/mol. The molecule has 0 aliphatic carbocycles. The van der Waals surface area contributed by atoms with Crippen LogP contribution < -0.4 is 0 Å². The molecule has 0 aliphatic rings. The van der Waals surface area contributed by atoms with E-state index in [0.717, 1.165) is 11.3 Å². The van der Waals surface area contributed by atoms with Crippen LogP contribution in [-0.2, 0) is 4.74 Å². The fourth-order valence-corrected chi connectivity index (χ4v) is 0.889. The highest BCUT2D eigenvalue weighted by atomic mass is 16.5. The van der Waals surface area contributed by atoms with Gasteiger partial charge in [-0.3, -0.25) is 4.98 Å². The predicted molar refractivity (Wildman–Crippen MR) is 45.0 cm³/mol. The van der Waals surface area contributed by atoms with Gasteiger partial charge in [0.25, 0.3) is 0 Å². The van der Waals surface area contributed by atoms with Crippen molar-refractivity contribution in [2.45, 2.75) is 6.92 Å². The highest BCUT2D eigenvalue weighted by molar-refractivity contribution is 5.58. The molecule has 1 aromatic heterocycles. The Bertz CT molecular complexity index is 268. The number of hydrogen-bond donors (Lipinski definition) is 0. The van der Waals surface area contributed by atoms with Gasteiger partial charge in [0.2, 0.25) is 0 Å². The molecule has 2 nitrogen and oxygen atoms in total. The summed E-state index contributed by atoms with van der Waals surface area (Å²) in [5.74, 6) is 0.663. The molecule has 0 amide bonds. The molecule has 1 heterocycles. The summed E-state index contributed by atoms with van der Waals surface area (Å²) in [6.07, 6.45) is 1.75. The zero-order valence-corrected chi connectivity index (χ0v) is 6.79. The van der Waals surface area contributed by atoms with Crippen LogP contribution in [0.4, 0.5) is 0 Å². The van der Waals surface area contributed by atoms with Crippen LogP contribution in [0.25, 0.3) is 5.76 Å². The first kappa shape index (κ1) is 7.79. The summed E-state index contributed by atoms with van der Waals surface area (Å²) in [5, 5.41) is 0. The van der Waals surface area contributed by atoms with Crippen LogP contribution in [0.15, 0.2) is 24.9 Å². The largest absolute Gasteiger partial charge is 0.497 e. The third kappa shape index (κ3) is 1.58. The van der Waals surface area contributed by atoms with Crippen LogP contribution in [0, 0.1) is 6.92 Å². The van der Waals surface area contributed by atoms with E-state index in [0.29, 0.717) is 5.76 Å². The van der Waals surface area contributed by atoms with Crippen LogP contribution in [0.1, 0.15) is 11.3 Å². The lowest BCUT2D eigenvalue weighted by Crippen LogP contribution is -1.91. The molecule has 0 saturated heterocycles. The topological polar surface area (TPSA) is 22.1 Å². The Morgan fingerprint density at radius 2 is 2.36 bits per heavy atom. The zero-order chi connectivity index (χ0) is 8.27. The van der Waals surface area contributed by atoms with Gasteiger partial charge in [0.05, 0.1) is 7.11 Å². The van der Waals surface area contributed by atoms with Gasteiger partial charge in [-0.2, -0.15) is 0 Å². The predicted octanol–water partition coefficient (Wildman–Crippen LogP) is 2.01. The number of methoxy groups -OCH3 is 1. The Labute approximate surface area is 66.5 Å². The van der Waals surface area contributed by atoms with Gasteiger partial charge in [-0.05, 0) is 19.1 Å². The van der Waals surface area contributed by atoms with E-state index in [2.05, 4.69) is 11.6 Å². The van der Waals surface area contributed by atoms with Crippen LogP contribution in [0.5, 0.6) is 0 Å². The summed E-state index contributed by atoms with van der Waals surface area (Å²) in [6, 6.07) is 3.81. The van der Waals surface area contributed by atoms with E-state index in [9.17, 15) is 0 Å². The monoisotopic (exact) mass is 149 g/mol. The second-order valence-corrected chi connectivity index (χ2v) is 2.26. The van der Waals surface area contributed by atoms with E-state index in [4.69, 9.17) is 4.74 Å². The number of hydrogen-bond acceptors (Lipinski definition) is 2. The highest BCUT2D eigenvalue weighted by Gasteiger charge is 2.00. The number of aryl methyl sites for hydroxylation is 1. The molecule has 0 spiro atoms. The van der Waals surface area contributed by atoms with Crippen molar-refractivity contribution in [1.82, 2.24) is 4.98 Å². The van der Waals surface area contributed by atoms with E-state index in [1.54, 1.807) is 13.3 Å². The molecule has 0 atom stereocenters. The second-order valence-electron chi connectivity index (χ2n) is 2.26. The van der Waals surface area contributed by atoms with Crippen LogP contribution in [0.2, 0.25) is 0 Å². The smallest absolute Gasteiger partial charge is 0.120 e. The molecule has 0 unspecified atom stereocenters. The summed E-state index contributed by atoms with van der Waals surface area (Å²) >= 11 is 0. The van der Waals surface area contributed by atoms with Crippen molar-refractivity contribution in [3.8, 4) is 0 Å². The van der Waals surface area contributed by atoms with Gasteiger partial charge in [-0.25, -0.2) is 0 Å². The molecular formula is C9H11NO. The average Bonchev–Trinajstić information content (AvgIpc) is 2.04. The second kappa shape index (κ2) is 3.19. The van der Waals surface area contributed by atoms with E-state index < -0.39 is 0 Å². The molecule has 0 N–H and O–H groups in total. The highest BCUT2D eigenvalue weighted by Crippen LogP contribution is 2.14. The molecule has 0 aliphatic heterocycles. The van der Waals surface area contributed by atoms with Gasteiger partial charge in [-0.1, -0.05) is 6.58 Å². The fourth-order valence-electron chi connectivity index (χ4n) is 0.889. The summed E-state index contributed by atoms with van der Waals surface area (Å²) in [5.41, 5.74) is 1.91. The molecule has 0 radical (unpaired) electrons. The Balaban J connectivity index is 3.03. The summed E-state index contributed by atoms with van der Waals surface area (Å²) in [6.45, 7) is 5.67. The van der Waals surface area contributed by atoms with Crippen LogP contribution in [-0.4, -0.2) is 12.1 Å². The van der Waals surface area contributed by atoms with Crippen molar-refractivity contribution in [3.63, 3.8) is 0 Å². The number of nitrogens with zero attached hydrogens (tertiary/aromatic N) is 1. The summed E-state index contributed by atoms with van der Waals surface area (Å²) in [4.78, 5) is 4.11. The van der Waals surface area contributed by atoms with Gasteiger partial charge < -0.3 is 4.74 Å². The van der Waals surface area contributed by atoms with Crippen molar-refractivity contribution in [2.24, 2.45) is 0 Å². The first-order valence-corrected chi connectivity index (χ1v) is 3.40. The Morgan fingerprint density at radius 1 is 1.64 bits per heavy atom. The lowest BCUT2D eigenvalue weighted by atomic mass is 10.2. The average molecular weight is 149 g/mol. The first-order chi connectivity index (χ1) is 5.25. The van der Waals surface area contributed by atoms with Crippen molar-refractivity contribution in [2.75, 3.05) is 7.11 Å². The lowest BCUT2D eigenvalue weighted by Gasteiger charge is -2.05. The first-order valence-electron chi connectivity index (χ1n) is 3.40. The minimum atomic E-state index is 0.663. The minimum absolute atomic E-state index is 0.663. The molecule has 11 heavy (non-hydrogen) atoms. The molecule has 1 aromatic rings. The molecule has 0 aromatic carbocycles. The summed E-state index contributed by atoms with van der Waals surface area (Å²) in [7, 11) is 1.61. The van der Waals surface area contributed by atoms with Gasteiger partial charge in [0.1, 0.15) is 5.76 Å². The van der Waals surface area contributed by atoms with Gasteiger partial charge in [0.15, 0.2) is 0 Å². The fraction of sp³-hybridized carbons (Fsp3) is 0.222. The maximum atomic E-state index is 4.98. The van der Waals surface area contributed by atoms with Gasteiger partial charge in [0, 0.05) is 17.5 Å². The number of rotatable bonds is 2. The van der Waals surface area contributed by atoms with Gasteiger partial charge in [-0.15, -0.1) is 0 Å². The van der Waals surface area contributed by atoms with Gasteiger partial charge >= 0.3 is 0 Å². The zero-order valence-electron chi connectivity index (χ0n) is 6.79. The van der Waals surface area contributed by atoms with E-state index >= 15 is 0 Å². The molecule has 0 bridgehead atoms. The standard InChI is InChI=1S/C9H11NO/c1-7-9(8(2)11-3)5-4-6-10-7/h4-6H,2H2,1,3H3. The maximum absolute atomic E-state index is 4.98. The Kier molecular flexibility index (Phi) is 2.26. The van der Waals surface area contributed by atoms with Crippen molar-refractivity contribution in [1.29, 1.82) is 0 Å². The van der Waals surface area contributed by atoms with Crippen LogP contribution in [0.3, 0.4) is 0 Å². The third-order valence-electron chi connectivity index (χ3n) is 1.55. The van der Waals surface area contributed by atoms with E-state index in [-0.39, 0.29) is 0 Å². The number of pyridine rings is 1. The third-order valence-corrected chi connectivity index (χ3v) is 1.55. The molecule has 0 saturated carbocycles. The minimum Gasteiger partial charge on any atom is -0.497 e. The molecule has 1 rings (SSSR count). The maximum Gasteiger partial charge on any atom is 0.120 e. The lowest BCUT2D eigenvalue weighted by molar-refractivity contribution is 0.371. The molecule has 58 valence electrons. The number of ether oxygens (including phenoxy) is 1.